The topological polar surface area (TPSA) is 68.0 Å². The van der Waals surface area contributed by atoms with Gasteiger partial charge in [0.25, 0.3) is 0 Å². The highest BCUT2D eigenvalue weighted by Crippen LogP contribution is 2.26. The van der Waals surface area contributed by atoms with Crippen LogP contribution < -0.4 is 11.1 Å². The molecule has 0 aliphatic carbocycles. The van der Waals surface area contributed by atoms with Crippen molar-refractivity contribution >= 4 is 17.8 Å². The Morgan fingerprint density at radius 1 is 1.28 bits per heavy atom. The molecule has 0 bridgehead atoms. The molecule has 1 heterocycles. The summed E-state index contributed by atoms with van der Waals surface area (Å²) in [6, 6.07) is 9.67. The van der Waals surface area contributed by atoms with E-state index in [1.165, 1.54) is 0 Å². The maximum absolute atomic E-state index is 10.6. The van der Waals surface area contributed by atoms with E-state index in [4.69, 9.17) is 5.73 Å². The van der Waals surface area contributed by atoms with Gasteiger partial charge in [0.1, 0.15) is 12.1 Å². The number of aldehydes is 1. The first kappa shape index (κ1) is 12.1. The Labute approximate surface area is 106 Å². The van der Waals surface area contributed by atoms with Gasteiger partial charge in [0.2, 0.25) is 0 Å². The van der Waals surface area contributed by atoms with Crippen molar-refractivity contribution in [2.24, 2.45) is 0 Å². The van der Waals surface area contributed by atoms with E-state index in [1.54, 1.807) is 6.20 Å². The monoisotopic (exact) mass is 241 g/mol. The Morgan fingerprint density at radius 3 is 2.72 bits per heavy atom. The molecule has 1 aromatic carbocycles. The minimum absolute atomic E-state index is 0.412. The summed E-state index contributed by atoms with van der Waals surface area (Å²) in [5, 5.41) is 3.10. The minimum Gasteiger partial charge on any atom is -0.388 e. The van der Waals surface area contributed by atoms with Crippen LogP contribution in [0.15, 0.2) is 36.5 Å². The van der Waals surface area contributed by atoms with Crippen molar-refractivity contribution in [3.8, 4) is 11.1 Å². The first-order valence-electron chi connectivity index (χ1n) is 5.71. The molecule has 0 fully saturated rings. The van der Waals surface area contributed by atoms with E-state index < -0.39 is 0 Å². The van der Waals surface area contributed by atoms with Crippen LogP contribution >= 0.6 is 0 Å². The number of aromatic nitrogens is 1. The molecule has 0 saturated carbocycles. The van der Waals surface area contributed by atoms with Gasteiger partial charge >= 0.3 is 0 Å². The first-order valence-corrected chi connectivity index (χ1v) is 5.71. The van der Waals surface area contributed by atoms with E-state index in [9.17, 15) is 4.79 Å². The normalized spacial score (nSPS) is 10.1. The molecule has 0 amide bonds. The molecule has 1 aromatic heterocycles. The lowest BCUT2D eigenvalue weighted by molar-refractivity contribution is -0.107. The Morgan fingerprint density at radius 2 is 2.06 bits per heavy atom. The van der Waals surface area contributed by atoms with Crippen LogP contribution in [0.4, 0.5) is 11.5 Å². The highest BCUT2D eigenvalue weighted by atomic mass is 16.1. The van der Waals surface area contributed by atoms with E-state index >= 15 is 0 Å². The third-order valence-corrected chi connectivity index (χ3v) is 2.80. The van der Waals surface area contributed by atoms with Crippen molar-refractivity contribution in [1.82, 2.24) is 4.98 Å². The van der Waals surface area contributed by atoms with Gasteiger partial charge in [0.15, 0.2) is 0 Å². The fourth-order valence-corrected chi connectivity index (χ4v) is 1.88. The molecule has 0 unspecified atom stereocenters. The van der Waals surface area contributed by atoms with E-state index in [1.807, 2.05) is 37.4 Å². The largest absolute Gasteiger partial charge is 0.388 e. The smallest absolute Gasteiger partial charge is 0.124 e. The number of hydrogen-bond donors (Lipinski definition) is 2. The number of carbonyl (C=O) groups is 1. The molecule has 0 saturated heterocycles. The summed E-state index contributed by atoms with van der Waals surface area (Å²) in [5.41, 5.74) is 9.66. The minimum atomic E-state index is 0.412. The summed E-state index contributed by atoms with van der Waals surface area (Å²) in [6.45, 7) is 0. The number of rotatable bonds is 4. The van der Waals surface area contributed by atoms with Crippen LogP contribution in [0.3, 0.4) is 0 Å². The third-order valence-electron chi connectivity index (χ3n) is 2.80. The van der Waals surface area contributed by atoms with Crippen LogP contribution in [-0.4, -0.2) is 18.3 Å². The van der Waals surface area contributed by atoms with Crippen molar-refractivity contribution in [3.63, 3.8) is 0 Å². The second-order valence-corrected chi connectivity index (χ2v) is 3.96. The number of carbonyl (C=O) groups excluding carboxylic acids is 1. The quantitative estimate of drug-likeness (QED) is 0.804. The fourth-order valence-electron chi connectivity index (χ4n) is 1.88. The van der Waals surface area contributed by atoms with Crippen molar-refractivity contribution in [2.75, 3.05) is 18.1 Å². The van der Waals surface area contributed by atoms with E-state index in [-0.39, 0.29) is 0 Å². The van der Waals surface area contributed by atoms with Gasteiger partial charge < -0.3 is 15.8 Å². The van der Waals surface area contributed by atoms with Gasteiger partial charge in [-0.3, -0.25) is 0 Å². The number of anilines is 2. The van der Waals surface area contributed by atoms with E-state index in [2.05, 4.69) is 10.3 Å². The summed E-state index contributed by atoms with van der Waals surface area (Å²) in [4.78, 5) is 14.6. The zero-order chi connectivity index (χ0) is 13.0. The summed E-state index contributed by atoms with van der Waals surface area (Å²) >= 11 is 0. The lowest BCUT2D eigenvalue weighted by Crippen LogP contribution is -1.97. The summed E-state index contributed by atoms with van der Waals surface area (Å²) in [7, 11) is 1.84. The lowest BCUT2D eigenvalue weighted by Gasteiger charge is -2.10. The number of pyridine rings is 1. The molecular weight excluding hydrogens is 226 g/mol. The SMILES string of the molecule is CNc1cc(-c2ccnc(N)c2)ccc1CC=O. The number of benzene rings is 1. The maximum atomic E-state index is 10.6. The van der Waals surface area contributed by atoms with Gasteiger partial charge in [-0.25, -0.2) is 4.98 Å². The number of nitrogen functional groups attached to an aromatic ring is 1. The van der Waals surface area contributed by atoms with Crippen LogP contribution in [0.5, 0.6) is 0 Å². The Bertz CT molecular complexity index is 567. The zero-order valence-electron chi connectivity index (χ0n) is 10.2. The number of nitrogens with two attached hydrogens (primary N) is 1. The highest BCUT2D eigenvalue weighted by molar-refractivity contribution is 5.73. The van der Waals surface area contributed by atoms with Crippen LogP contribution in [0, 0.1) is 0 Å². The predicted octanol–water partition coefficient (Wildman–Crippen LogP) is 2.11. The van der Waals surface area contributed by atoms with Gasteiger partial charge in [-0.2, -0.15) is 0 Å². The van der Waals surface area contributed by atoms with Crippen LogP contribution in [0.25, 0.3) is 11.1 Å². The molecule has 0 aliphatic heterocycles. The van der Waals surface area contributed by atoms with Crippen molar-refractivity contribution in [1.29, 1.82) is 0 Å². The molecular formula is C14H15N3O. The van der Waals surface area contributed by atoms with Gasteiger partial charge in [-0.15, -0.1) is 0 Å². The van der Waals surface area contributed by atoms with Gasteiger partial charge in [0, 0.05) is 25.4 Å². The van der Waals surface area contributed by atoms with E-state index in [0.717, 1.165) is 28.7 Å². The Balaban J connectivity index is 2.43. The molecule has 92 valence electrons. The second-order valence-electron chi connectivity index (χ2n) is 3.96. The van der Waals surface area contributed by atoms with Crippen LogP contribution in [0.2, 0.25) is 0 Å². The summed E-state index contributed by atoms with van der Waals surface area (Å²) in [6.07, 6.45) is 3.00. The standard InChI is InChI=1S/C14H15N3O/c1-16-13-8-11(3-2-10(13)5-7-18)12-4-6-17-14(15)9-12/h2-4,6-9,16H,5H2,1H3,(H2,15,17). The molecule has 0 radical (unpaired) electrons. The van der Waals surface area contributed by atoms with Crippen molar-refractivity contribution in [3.05, 3.63) is 42.1 Å². The summed E-state index contributed by atoms with van der Waals surface area (Å²) in [5.74, 6) is 0.496. The molecule has 18 heavy (non-hydrogen) atoms. The van der Waals surface area contributed by atoms with Gasteiger partial charge in [-0.1, -0.05) is 12.1 Å². The van der Waals surface area contributed by atoms with E-state index in [0.29, 0.717) is 12.2 Å². The number of hydrogen-bond acceptors (Lipinski definition) is 4. The highest BCUT2D eigenvalue weighted by Gasteiger charge is 2.04. The molecule has 0 atom stereocenters. The molecule has 3 N–H and O–H groups in total. The predicted molar refractivity (Wildman–Crippen MR) is 73.4 cm³/mol. The van der Waals surface area contributed by atoms with Crippen LogP contribution in [-0.2, 0) is 11.2 Å². The third kappa shape index (κ3) is 2.48. The second kappa shape index (κ2) is 5.31. The molecule has 2 aromatic rings. The number of nitrogens with zero attached hydrogens (tertiary/aromatic N) is 1. The fraction of sp³-hybridized carbons (Fsp3) is 0.143. The summed E-state index contributed by atoms with van der Waals surface area (Å²) < 4.78 is 0. The molecule has 2 rings (SSSR count). The zero-order valence-corrected chi connectivity index (χ0v) is 10.2. The average Bonchev–Trinajstić information content (AvgIpc) is 2.39. The van der Waals surface area contributed by atoms with Gasteiger partial charge in [-0.05, 0) is 34.9 Å². The Kier molecular flexibility index (Phi) is 3.57. The molecule has 0 aliphatic rings. The average molecular weight is 241 g/mol. The molecule has 0 spiro atoms. The maximum Gasteiger partial charge on any atom is 0.124 e. The number of nitrogens with one attached hydrogen (secondary N) is 1. The van der Waals surface area contributed by atoms with Crippen molar-refractivity contribution < 1.29 is 4.79 Å². The van der Waals surface area contributed by atoms with Crippen LogP contribution in [0.1, 0.15) is 5.56 Å². The Hall–Kier alpha value is -2.36. The first-order chi connectivity index (χ1) is 8.74. The molecule has 4 heteroatoms. The van der Waals surface area contributed by atoms with Crippen molar-refractivity contribution in [2.45, 2.75) is 6.42 Å². The van der Waals surface area contributed by atoms with Gasteiger partial charge in [0.05, 0.1) is 0 Å². The lowest BCUT2D eigenvalue weighted by atomic mass is 10.0. The molecule has 4 nitrogen and oxygen atoms in total.